The number of hydrogen-bond acceptors (Lipinski definition) is 3. The lowest BCUT2D eigenvalue weighted by molar-refractivity contribution is 1.18. The molecular weight excluding hydrogens is 162 g/mol. The number of hydrogen-bond donors (Lipinski definition) is 0. The molecule has 2 rings (SSSR count). The van der Waals surface area contributed by atoms with E-state index in [1.807, 2.05) is 26.8 Å². The number of nitrogens with zero attached hydrogens (tertiary/aromatic N) is 3. The van der Waals surface area contributed by atoms with Gasteiger partial charge in [-0.3, -0.25) is 4.98 Å². The van der Waals surface area contributed by atoms with E-state index in [9.17, 15) is 0 Å². The van der Waals surface area contributed by atoms with Gasteiger partial charge >= 0.3 is 0 Å². The Morgan fingerprint density at radius 2 is 1.92 bits per heavy atom. The molecule has 3 heteroatoms. The van der Waals surface area contributed by atoms with Crippen molar-refractivity contribution in [1.82, 2.24) is 15.0 Å². The van der Waals surface area contributed by atoms with Gasteiger partial charge in [-0.2, -0.15) is 0 Å². The Morgan fingerprint density at radius 1 is 1.15 bits per heavy atom. The molecule has 0 radical (unpaired) electrons. The SMILES string of the molecule is CC.Cc1ccnc2cncnc12. The zero-order chi connectivity index (χ0) is 9.68. The number of rotatable bonds is 0. The first-order valence-corrected chi connectivity index (χ1v) is 4.39. The third-order valence-corrected chi connectivity index (χ3v) is 1.60. The first-order valence-electron chi connectivity index (χ1n) is 4.39. The molecule has 3 nitrogen and oxygen atoms in total. The molecule has 0 fully saturated rings. The average Bonchev–Trinajstić information content (AvgIpc) is 2.22. The van der Waals surface area contributed by atoms with Crippen LogP contribution in [0, 0.1) is 6.92 Å². The van der Waals surface area contributed by atoms with E-state index in [0.717, 1.165) is 16.6 Å². The highest BCUT2D eigenvalue weighted by molar-refractivity contribution is 5.75. The van der Waals surface area contributed by atoms with E-state index in [-0.39, 0.29) is 0 Å². The molecule has 0 amide bonds. The van der Waals surface area contributed by atoms with Crippen LogP contribution in [0.4, 0.5) is 0 Å². The maximum atomic E-state index is 4.12. The molecule has 2 heterocycles. The Balaban J connectivity index is 0.000000396. The lowest BCUT2D eigenvalue weighted by atomic mass is 10.2. The predicted octanol–water partition coefficient (Wildman–Crippen LogP) is 2.36. The maximum Gasteiger partial charge on any atom is 0.116 e. The van der Waals surface area contributed by atoms with Gasteiger partial charge in [0.1, 0.15) is 11.8 Å². The number of pyridine rings is 1. The number of fused-ring (bicyclic) bond motifs is 1. The van der Waals surface area contributed by atoms with Crippen molar-refractivity contribution in [1.29, 1.82) is 0 Å². The van der Waals surface area contributed by atoms with Crippen LogP contribution < -0.4 is 0 Å². The summed E-state index contributed by atoms with van der Waals surface area (Å²) in [6, 6.07) is 1.94. The first-order chi connectivity index (χ1) is 6.38. The van der Waals surface area contributed by atoms with Crippen molar-refractivity contribution >= 4 is 11.0 Å². The third kappa shape index (κ3) is 1.99. The summed E-state index contributed by atoms with van der Waals surface area (Å²) in [5, 5.41) is 0. The summed E-state index contributed by atoms with van der Waals surface area (Å²) in [6.07, 6.45) is 5.02. The van der Waals surface area contributed by atoms with Gasteiger partial charge in [-0.25, -0.2) is 9.97 Å². The van der Waals surface area contributed by atoms with Crippen molar-refractivity contribution in [2.45, 2.75) is 20.8 Å². The fourth-order valence-electron chi connectivity index (χ4n) is 1.03. The monoisotopic (exact) mass is 175 g/mol. The highest BCUT2D eigenvalue weighted by atomic mass is 14.8. The normalized spacial score (nSPS) is 9.15. The van der Waals surface area contributed by atoms with Gasteiger partial charge in [0.25, 0.3) is 0 Å². The number of aromatic nitrogens is 3. The van der Waals surface area contributed by atoms with Gasteiger partial charge in [-0.05, 0) is 18.6 Å². The van der Waals surface area contributed by atoms with Gasteiger partial charge in [0.15, 0.2) is 0 Å². The average molecular weight is 175 g/mol. The van der Waals surface area contributed by atoms with Gasteiger partial charge in [0.05, 0.1) is 11.7 Å². The molecule has 0 bridgehead atoms. The van der Waals surface area contributed by atoms with Crippen LogP contribution in [0.25, 0.3) is 11.0 Å². The molecule has 13 heavy (non-hydrogen) atoms. The zero-order valence-corrected chi connectivity index (χ0v) is 8.15. The molecule has 0 spiro atoms. The molecule has 0 aliphatic heterocycles. The molecule has 0 aliphatic carbocycles. The lowest BCUT2D eigenvalue weighted by Gasteiger charge is -1.96. The Hall–Kier alpha value is -1.51. The lowest BCUT2D eigenvalue weighted by Crippen LogP contribution is -1.86. The van der Waals surface area contributed by atoms with Crippen molar-refractivity contribution in [3.63, 3.8) is 0 Å². The van der Waals surface area contributed by atoms with Gasteiger partial charge in [-0.1, -0.05) is 13.8 Å². The van der Waals surface area contributed by atoms with Gasteiger partial charge < -0.3 is 0 Å². The molecule has 2 aromatic rings. The maximum absolute atomic E-state index is 4.12. The first kappa shape index (κ1) is 9.58. The van der Waals surface area contributed by atoms with Crippen LogP contribution in [0.3, 0.4) is 0 Å². The van der Waals surface area contributed by atoms with Crippen molar-refractivity contribution < 1.29 is 0 Å². The summed E-state index contributed by atoms with van der Waals surface area (Å²) in [4.78, 5) is 12.1. The smallest absolute Gasteiger partial charge is 0.116 e. The van der Waals surface area contributed by atoms with Gasteiger partial charge in [-0.15, -0.1) is 0 Å². The molecule has 0 saturated heterocycles. The topological polar surface area (TPSA) is 38.7 Å². The fraction of sp³-hybridized carbons (Fsp3) is 0.300. The Kier molecular flexibility index (Phi) is 3.31. The minimum Gasteiger partial charge on any atom is -0.253 e. The molecule has 0 saturated carbocycles. The molecule has 0 unspecified atom stereocenters. The van der Waals surface area contributed by atoms with Crippen molar-refractivity contribution in [2.75, 3.05) is 0 Å². The minimum atomic E-state index is 0.854. The molecular formula is C10H13N3. The molecule has 2 aromatic heterocycles. The van der Waals surface area contributed by atoms with E-state index in [4.69, 9.17) is 0 Å². The highest BCUT2D eigenvalue weighted by Gasteiger charge is 1.95. The summed E-state index contributed by atoms with van der Waals surface area (Å²) in [5.74, 6) is 0. The van der Waals surface area contributed by atoms with E-state index >= 15 is 0 Å². The molecule has 68 valence electrons. The Bertz CT molecular complexity index is 379. The minimum absolute atomic E-state index is 0.854. The van der Waals surface area contributed by atoms with Crippen molar-refractivity contribution in [2.24, 2.45) is 0 Å². The molecule has 0 atom stereocenters. The largest absolute Gasteiger partial charge is 0.253 e. The van der Waals surface area contributed by atoms with Crippen LogP contribution in [0.2, 0.25) is 0 Å². The van der Waals surface area contributed by atoms with Crippen molar-refractivity contribution in [3.8, 4) is 0 Å². The molecule has 0 aromatic carbocycles. The molecule has 0 N–H and O–H groups in total. The van der Waals surface area contributed by atoms with Crippen LogP contribution >= 0.6 is 0 Å². The second kappa shape index (κ2) is 4.50. The van der Waals surface area contributed by atoms with Crippen LogP contribution in [0.15, 0.2) is 24.8 Å². The van der Waals surface area contributed by atoms with E-state index < -0.39 is 0 Å². The summed E-state index contributed by atoms with van der Waals surface area (Å²) < 4.78 is 0. The Morgan fingerprint density at radius 3 is 2.62 bits per heavy atom. The van der Waals surface area contributed by atoms with Crippen LogP contribution in [0.1, 0.15) is 19.4 Å². The summed E-state index contributed by atoms with van der Waals surface area (Å²) in [7, 11) is 0. The van der Waals surface area contributed by atoms with E-state index in [1.165, 1.54) is 6.33 Å². The van der Waals surface area contributed by atoms with Gasteiger partial charge in [0, 0.05) is 6.20 Å². The molecule has 0 aliphatic rings. The van der Waals surface area contributed by atoms with Crippen LogP contribution in [0.5, 0.6) is 0 Å². The van der Waals surface area contributed by atoms with Crippen molar-refractivity contribution in [3.05, 3.63) is 30.4 Å². The number of aryl methyl sites for hydroxylation is 1. The fourth-order valence-corrected chi connectivity index (χ4v) is 1.03. The van der Waals surface area contributed by atoms with Gasteiger partial charge in [0.2, 0.25) is 0 Å². The second-order valence-corrected chi connectivity index (χ2v) is 2.38. The van der Waals surface area contributed by atoms with E-state index in [0.29, 0.717) is 0 Å². The van der Waals surface area contributed by atoms with Crippen LogP contribution in [-0.2, 0) is 0 Å². The summed E-state index contributed by atoms with van der Waals surface area (Å²) in [6.45, 7) is 6.01. The summed E-state index contributed by atoms with van der Waals surface area (Å²) >= 11 is 0. The standard InChI is InChI=1S/C8H7N3.C2H6/c1-6-2-3-10-7-4-9-5-11-8(6)7;1-2/h2-5H,1H3;1-2H3. The van der Waals surface area contributed by atoms with Crippen LogP contribution in [-0.4, -0.2) is 15.0 Å². The van der Waals surface area contributed by atoms with E-state index in [2.05, 4.69) is 15.0 Å². The second-order valence-electron chi connectivity index (χ2n) is 2.38. The predicted molar refractivity (Wildman–Crippen MR) is 53.4 cm³/mol. The summed E-state index contributed by atoms with van der Waals surface area (Å²) in [5.41, 5.74) is 2.92. The highest BCUT2D eigenvalue weighted by Crippen LogP contribution is 2.09. The quantitative estimate of drug-likeness (QED) is 0.617. The Labute approximate surface area is 77.9 Å². The third-order valence-electron chi connectivity index (χ3n) is 1.60. The zero-order valence-electron chi connectivity index (χ0n) is 8.15. The van der Waals surface area contributed by atoms with E-state index in [1.54, 1.807) is 12.4 Å².